The summed E-state index contributed by atoms with van der Waals surface area (Å²) in [5.41, 5.74) is 0.886. The quantitative estimate of drug-likeness (QED) is 0.504. The van der Waals surface area contributed by atoms with Crippen molar-refractivity contribution >= 4 is 19.3 Å². The molecule has 172 valence electrons. The first-order valence-corrected chi connectivity index (χ1v) is 10.5. The van der Waals surface area contributed by atoms with E-state index in [2.05, 4.69) is 5.32 Å². The number of nitrogens with one attached hydrogen (secondary N) is 1. The van der Waals surface area contributed by atoms with E-state index < -0.39 is 36.3 Å². The maximum atomic E-state index is 12.3. The fourth-order valence-corrected chi connectivity index (χ4v) is 3.09. The van der Waals surface area contributed by atoms with Gasteiger partial charge in [-0.25, -0.2) is 4.79 Å². The lowest BCUT2D eigenvalue weighted by Gasteiger charge is -2.32. The molecule has 1 amide bonds. The van der Waals surface area contributed by atoms with Gasteiger partial charge in [-0.1, -0.05) is 30.3 Å². The van der Waals surface area contributed by atoms with Crippen LogP contribution in [0.4, 0.5) is 4.79 Å². The highest BCUT2D eigenvalue weighted by molar-refractivity contribution is 6.56. The number of amides is 1. The highest BCUT2D eigenvalue weighted by Crippen LogP contribution is 2.39. The molecule has 0 spiro atoms. The second kappa shape index (κ2) is 9.73. The number of alkyl carbamates (subject to hydrolysis) is 1. The number of hydrogen-bond donors (Lipinski definition) is 1. The molecule has 2 rings (SSSR count). The summed E-state index contributed by atoms with van der Waals surface area (Å²) in [6.45, 7) is 13.6. The van der Waals surface area contributed by atoms with Gasteiger partial charge in [0.1, 0.15) is 5.60 Å². The van der Waals surface area contributed by atoms with E-state index >= 15 is 0 Å². The van der Waals surface area contributed by atoms with Crippen molar-refractivity contribution in [2.45, 2.75) is 71.6 Å². The number of methoxy groups -OCH3 is 2. The van der Waals surface area contributed by atoms with Crippen LogP contribution >= 0.6 is 0 Å². The Balaban J connectivity index is 2.38. The van der Waals surface area contributed by atoms with Gasteiger partial charge in [0, 0.05) is 26.3 Å². The maximum Gasteiger partial charge on any atom is 0.492 e. The zero-order chi connectivity index (χ0) is 23.4. The van der Waals surface area contributed by atoms with Gasteiger partial charge in [-0.3, -0.25) is 0 Å². The van der Waals surface area contributed by atoms with Crippen LogP contribution in [0.5, 0.6) is 0 Å². The standard InChI is InChI=1S/C23H36BNO6/c1-21(2,3)29-20(26)25-15-17(24-30-22(4,5)23(6,7)31-24)14-16-12-10-11-13-18(16)19(27-8)28-9/h10-14,19H,15H2,1-9H3,(H,25,26). The number of benzene rings is 1. The van der Waals surface area contributed by atoms with E-state index in [1.54, 1.807) is 14.2 Å². The lowest BCUT2D eigenvalue weighted by atomic mass is 9.76. The summed E-state index contributed by atoms with van der Waals surface area (Å²) in [5, 5.41) is 2.82. The summed E-state index contributed by atoms with van der Waals surface area (Å²) in [7, 11) is 2.55. The largest absolute Gasteiger partial charge is 0.492 e. The van der Waals surface area contributed by atoms with Crippen molar-refractivity contribution in [2.24, 2.45) is 0 Å². The van der Waals surface area contributed by atoms with Gasteiger partial charge in [-0.15, -0.1) is 0 Å². The fourth-order valence-electron chi connectivity index (χ4n) is 3.09. The van der Waals surface area contributed by atoms with E-state index in [9.17, 15) is 4.79 Å². The molecule has 1 heterocycles. The smallest absolute Gasteiger partial charge is 0.444 e. The van der Waals surface area contributed by atoms with E-state index in [0.29, 0.717) is 0 Å². The van der Waals surface area contributed by atoms with E-state index in [-0.39, 0.29) is 6.54 Å². The van der Waals surface area contributed by atoms with E-state index in [1.165, 1.54) is 0 Å². The first-order chi connectivity index (χ1) is 14.3. The van der Waals surface area contributed by atoms with Crippen LogP contribution in [-0.4, -0.2) is 50.8 Å². The van der Waals surface area contributed by atoms with Crippen LogP contribution in [0.2, 0.25) is 0 Å². The Morgan fingerprint density at radius 2 is 1.65 bits per heavy atom. The minimum Gasteiger partial charge on any atom is -0.444 e. The molecular formula is C23H36BNO6. The van der Waals surface area contributed by atoms with E-state index in [0.717, 1.165) is 16.6 Å². The van der Waals surface area contributed by atoms with Gasteiger partial charge in [0.05, 0.1) is 11.2 Å². The first-order valence-electron chi connectivity index (χ1n) is 10.5. The van der Waals surface area contributed by atoms with Crippen molar-refractivity contribution in [3.8, 4) is 0 Å². The molecule has 1 N–H and O–H groups in total. The average Bonchev–Trinajstić information content (AvgIpc) is 2.86. The van der Waals surface area contributed by atoms with Gasteiger partial charge in [-0.05, 0) is 59.5 Å². The molecule has 8 heteroatoms. The Bertz CT molecular complexity index is 780. The normalized spacial score (nSPS) is 18.4. The van der Waals surface area contributed by atoms with Crippen molar-refractivity contribution in [3.05, 3.63) is 40.9 Å². The molecule has 1 aliphatic rings. The van der Waals surface area contributed by atoms with Crippen molar-refractivity contribution in [2.75, 3.05) is 20.8 Å². The zero-order valence-electron chi connectivity index (χ0n) is 20.2. The molecule has 1 aliphatic heterocycles. The van der Waals surface area contributed by atoms with Crippen LogP contribution in [0, 0.1) is 0 Å². The van der Waals surface area contributed by atoms with Gasteiger partial charge in [0.15, 0.2) is 6.29 Å². The van der Waals surface area contributed by atoms with Gasteiger partial charge in [-0.2, -0.15) is 0 Å². The maximum absolute atomic E-state index is 12.3. The third-order valence-corrected chi connectivity index (χ3v) is 5.41. The topological polar surface area (TPSA) is 75.3 Å². The summed E-state index contributed by atoms with van der Waals surface area (Å²) in [5.74, 6) is 0. The Kier molecular flexibility index (Phi) is 7.97. The number of hydrogen-bond acceptors (Lipinski definition) is 6. The molecule has 7 nitrogen and oxygen atoms in total. The average molecular weight is 433 g/mol. The fraction of sp³-hybridized carbons (Fsp3) is 0.609. The summed E-state index contributed by atoms with van der Waals surface area (Å²) in [6.07, 6.45) is 0.917. The summed E-state index contributed by atoms with van der Waals surface area (Å²) in [6, 6.07) is 7.75. The number of ether oxygens (including phenoxy) is 3. The number of carbonyl (C=O) groups excluding carboxylic acids is 1. The first kappa shape index (κ1) is 25.4. The SMILES string of the molecule is COC(OC)c1ccccc1C=C(CNC(=O)OC(C)(C)C)B1OC(C)(C)C(C)(C)O1. The van der Waals surface area contributed by atoms with Crippen LogP contribution in [-0.2, 0) is 23.5 Å². The summed E-state index contributed by atoms with van der Waals surface area (Å²) >= 11 is 0. The molecule has 1 aromatic carbocycles. The lowest BCUT2D eigenvalue weighted by molar-refractivity contribution is -0.106. The lowest BCUT2D eigenvalue weighted by Crippen LogP contribution is -2.41. The van der Waals surface area contributed by atoms with Gasteiger partial charge < -0.3 is 28.8 Å². The number of carbonyl (C=O) groups is 1. The molecule has 0 atom stereocenters. The van der Waals surface area contributed by atoms with Crippen LogP contribution < -0.4 is 5.32 Å². The highest BCUT2D eigenvalue weighted by Gasteiger charge is 2.52. The predicted octanol–water partition coefficient (Wildman–Crippen LogP) is 4.52. The van der Waals surface area contributed by atoms with Gasteiger partial charge in [0.2, 0.25) is 0 Å². The molecule has 0 saturated carbocycles. The molecular weight excluding hydrogens is 397 g/mol. The van der Waals surface area contributed by atoms with E-state index in [1.807, 2.05) is 78.8 Å². The van der Waals surface area contributed by atoms with E-state index in [4.69, 9.17) is 23.5 Å². The summed E-state index contributed by atoms with van der Waals surface area (Å²) in [4.78, 5) is 12.3. The van der Waals surface area contributed by atoms with Gasteiger partial charge >= 0.3 is 13.2 Å². The van der Waals surface area contributed by atoms with Crippen LogP contribution in [0.3, 0.4) is 0 Å². The molecule has 0 aromatic heterocycles. The zero-order valence-corrected chi connectivity index (χ0v) is 20.2. The molecule has 31 heavy (non-hydrogen) atoms. The predicted molar refractivity (Wildman–Crippen MR) is 121 cm³/mol. The minimum absolute atomic E-state index is 0.199. The molecule has 0 unspecified atom stereocenters. The Hall–Kier alpha value is -1.87. The Morgan fingerprint density at radius 3 is 2.16 bits per heavy atom. The van der Waals surface area contributed by atoms with Crippen molar-refractivity contribution in [1.82, 2.24) is 5.32 Å². The van der Waals surface area contributed by atoms with Crippen LogP contribution in [0.15, 0.2) is 29.7 Å². The molecule has 0 aliphatic carbocycles. The minimum atomic E-state index is -0.628. The van der Waals surface area contributed by atoms with Crippen LogP contribution in [0.25, 0.3) is 6.08 Å². The second-order valence-electron chi connectivity index (χ2n) is 9.60. The summed E-state index contributed by atoms with van der Waals surface area (Å²) < 4.78 is 28.8. The Labute approximate surface area is 186 Å². The van der Waals surface area contributed by atoms with Crippen LogP contribution in [0.1, 0.15) is 65.9 Å². The third kappa shape index (κ3) is 6.56. The van der Waals surface area contributed by atoms with Crippen molar-refractivity contribution < 1.29 is 28.3 Å². The molecule has 0 radical (unpaired) electrons. The highest BCUT2D eigenvalue weighted by atomic mass is 16.7. The molecule has 1 fully saturated rings. The van der Waals surface area contributed by atoms with Gasteiger partial charge in [0.25, 0.3) is 0 Å². The Morgan fingerprint density at radius 1 is 1.10 bits per heavy atom. The number of rotatable bonds is 7. The monoisotopic (exact) mass is 433 g/mol. The molecule has 1 aromatic rings. The third-order valence-electron chi connectivity index (χ3n) is 5.41. The van der Waals surface area contributed by atoms with Crippen molar-refractivity contribution in [3.63, 3.8) is 0 Å². The van der Waals surface area contributed by atoms with Crippen molar-refractivity contribution in [1.29, 1.82) is 0 Å². The molecule has 0 bridgehead atoms. The second-order valence-corrected chi connectivity index (χ2v) is 9.60. The molecule has 1 saturated heterocycles.